The summed E-state index contributed by atoms with van der Waals surface area (Å²) in [6.45, 7) is 0.916. The minimum atomic E-state index is -0.235. The zero-order valence-electron chi connectivity index (χ0n) is 12.6. The van der Waals surface area contributed by atoms with Crippen LogP contribution in [-0.2, 0) is 13.0 Å². The molecule has 6 heteroatoms. The van der Waals surface area contributed by atoms with Crippen molar-refractivity contribution in [3.63, 3.8) is 0 Å². The number of rotatable bonds is 4. The van der Waals surface area contributed by atoms with Crippen LogP contribution in [0.2, 0.25) is 0 Å². The number of carbonyl (C=O) groups is 1. The Labute approximate surface area is 128 Å². The van der Waals surface area contributed by atoms with Gasteiger partial charge in [-0.1, -0.05) is 18.2 Å². The van der Waals surface area contributed by atoms with Gasteiger partial charge in [0.15, 0.2) is 0 Å². The first-order chi connectivity index (χ1) is 10.6. The highest BCUT2D eigenvalue weighted by molar-refractivity contribution is 5.97. The Morgan fingerprint density at radius 3 is 2.82 bits per heavy atom. The van der Waals surface area contributed by atoms with Crippen molar-refractivity contribution >= 4 is 11.9 Å². The van der Waals surface area contributed by atoms with E-state index in [9.17, 15) is 9.18 Å². The molecule has 0 fully saturated rings. The summed E-state index contributed by atoms with van der Waals surface area (Å²) in [7, 11) is 3.71. The molecule has 22 heavy (non-hydrogen) atoms. The maximum Gasteiger partial charge on any atom is 0.257 e. The highest BCUT2D eigenvalue weighted by Crippen LogP contribution is 2.22. The molecule has 1 amide bonds. The van der Waals surface area contributed by atoms with E-state index in [4.69, 9.17) is 0 Å². The SMILES string of the molecule is CN(C)c1ncc2c(n1)CN(CCc1ccccc1F)C2=O. The zero-order valence-corrected chi connectivity index (χ0v) is 12.6. The zero-order chi connectivity index (χ0) is 15.7. The van der Waals surface area contributed by atoms with Gasteiger partial charge < -0.3 is 9.80 Å². The van der Waals surface area contributed by atoms with E-state index in [1.54, 1.807) is 34.2 Å². The summed E-state index contributed by atoms with van der Waals surface area (Å²) >= 11 is 0. The lowest BCUT2D eigenvalue weighted by Crippen LogP contribution is -2.26. The van der Waals surface area contributed by atoms with Gasteiger partial charge in [0.1, 0.15) is 5.82 Å². The highest BCUT2D eigenvalue weighted by Gasteiger charge is 2.29. The molecular weight excluding hydrogens is 283 g/mol. The van der Waals surface area contributed by atoms with Crippen LogP contribution >= 0.6 is 0 Å². The van der Waals surface area contributed by atoms with Crippen molar-refractivity contribution in [1.82, 2.24) is 14.9 Å². The Bertz CT molecular complexity index is 717. The van der Waals surface area contributed by atoms with Crippen molar-refractivity contribution in [2.24, 2.45) is 0 Å². The molecule has 0 radical (unpaired) electrons. The number of aromatic nitrogens is 2. The van der Waals surface area contributed by atoms with Crippen LogP contribution in [0.15, 0.2) is 30.5 Å². The summed E-state index contributed by atoms with van der Waals surface area (Å²) in [5.74, 6) is 0.264. The molecule has 5 nitrogen and oxygen atoms in total. The summed E-state index contributed by atoms with van der Waals surface area (Å²) < 4.78 is 13.6. The number of anilines is 1. The van der Waals surface area contributed by atoms with Crippen LogP contribution in [0.4, 0.5) is 10.3 Å². The van der Waals surface area contributed by atoms with Gasteiger partial charge in [-0.05, 0) is 18.1 Å². The molecule has 1 aromatic carbocycles. The Morgan fingerprint density at radius 1 is 1.32 bits per heavy atom. The predicted octanol–water partition coefficient (Wildman–Crippen LogP) is 1.88. The van der Waals surface area contributed by atoms with Crippen molar-refractivity contribution in [2.45, 2.75) is 13.0 Å². The number of hydrogen-bond acceptors (Lipinski definition) is 4. The minimum absolute atomic E-state index is 0.0864. The lowest BCUT2D eigenvalue weighted by molar-refractivity contribution is 0.0779. The molecule has 0 atom stereocenters. The first kappa shape index (κ1) is 14.4. The number of halogens is 1. The lowest BCUT2D eigenvalue weighted by atomic mass is 10.1. The molecule has 0 saturated heterocycles. The number of fused-ring (bicyclic) bond motifs is 1. The third-order valence-electron chi connectivity index (χ3n) is 3.72. The number of benzene rings is 1. The van der Waals surface area contributed by atoms with Crippen molar-refractivity contribution in [3.05, 3.63) is 53.1 Å². The molecule has 3 rings (SSSR count). The molecule has 0 saturated carbocycles. The van der Waals surface area contributed by atoms with E-state index >= 15 is 0 Å². The van der Waals surface area contributed by atoms with Gasteiger partial charge in [0.05, 0.1) is 17.8 Å². The molecule has 2 heterocycles. The van der Waals surface area contributed by atoms with E-state index in [-0.39, 0.29) is 11.7 Å². The quantitative estimate of drug-likeness (QED) is 0.865. The van der Waals surface area contributed by atoms with E-state index in [2.05, 4.69) is 9.97 Å². The fraction of sp³-hybridized carbons (Fsp3) is 0.312. The Morgan fingerprint density at radius 2 is 2.09 bits per heavy atom. The van der Waals surface area contributed by atoms with Gasteiger partial charge in [-0.15, -0.1) is 0 Å². The van der Waals surface area contributed by atoms with Crippen LogP contribution in [0.1, 0.15) is 21.6 Å². The standard InChI is InChI=1S/C16H17FN4O/c1-20(2)16-18-9-12-14(19-16)10-21(15(12)22)8-7-11-5-3-4-6-13(11)17/h3-6,9H,7-8,10H2,1-2H3. The summed E-state index contributed by atoms with van der Waals surface area (Å²) in [4.78, 5) is 24.4. The second kappa shape index (κ2) is 5.71. The van der Waals surface area contributed by atoms with Crippen LogP contribution in [0, 0.1) is 5.82 Å². The summed E-state index contributed by atoms with van der Waals surface area (Å²) in [6.07, 6.45) is 2.06. The summed E-state index contributed by atoms with van der Waals surface area (Å²) in [5, 5.41) is 0. The normalized spacial score (nSPS) is 13.4. The second-order valence-electron chi connectivity index (χ2n) is 5.49. The molecule has 0 bridgehead atoms. The van der Waals surface area contributed by atoms with Gasteiger partial charge in [-0.2, -0.15) is 0 Å². The van der Waals surface area contributed by atoms with E-state index in [0.29, 0.717) is 36.6 Å². The monoisotopic (exact) mass is 300 g/mol. The topological polar surface area (TPSA) is 49.3 Å². The van der Waals surface area contributed by atoms with E-state index in [0.717, 1.165) is 5.69 Å². The average molecular weight is 300 g/mol. The first-order valence-electron chi connectivity index (χ1n) is 7.12. The van der Waals surface area contributed by atoms with Gasteiger partial charge in [0, 0.05) is 26.8 Å². The highest BCUT2D eigenvalue weighted by atomic mass is 19.1. The second-order valence-corrected chi connectivity index (χ2v) is 5.49. The third-order valence-corrected chi connectivity index (χ3v) is 3.72. The van der Waals surface area contributed by atoms with Gasteiger partial charge >= 0.3 is 0 Å². The van der Waals surface area contributed by atoms with Gasteiger partial charge in [-0.25, -0.2) is 14.4 Å². The lowest BCUT2D eigenvalue weighted by Gasteiger charge is -2.15. The van der Waals surface area contributed by atoms with Crippen molar-refractivity contribution in [2.75, 3.05) is 25.5 Å². The number of carbonyl (C=O) groups excluding carboxylic acids is 1. The van der Waals surface area contributed by atoms with Crippen molar-refractivity contribution in [3.8, 4) is 0 Å². The van der Waals surface area contributed by atoms with Crippen LogP contribution in [0.25, 0.3) is 0 Å². The first-order valence-corrected chi connectivity index (χ1v) is 7.12. The molecule has 0 N–H and O–H groups in total. The molecule has 114 valence electrons. The molecule has 0 unspecified atom stereocenters. The van der Waals surface area contributed by atoms with Gasteiger partial charge in [0.2, 0.25) is 5.95 Å². The van der Waals surface area contributed by atoms with Gasteiger partial charge in [-0.3, -0.25) is 4.79 Å². The molecule has 1 aliphatic heterocycles. The van der Waals surface area contributed by atoms with Crippen molar-refractivity contribution < 1.29 is 9.18 Å². The third kappa shape index (κ3) is 2.64. The Balaban J connectivity index is 1.73. The summed E-state index contributed by atoms with van der Waals surface area (Å²) in [5.41, 5.74) is 1.89. The molecular formula is C16H17FN4O. The largest absolute Gasteiger partial charge is 0.347 e. The Hall–Kier alpha value is -2.50. The number of amides is 1. The Kier molecular flexibility index (Phi) is 3.75. The molecule has 2 aromatic rings. The number of nitrogens with zero attached hydrogens (tertiary/aromatic N) is 4. The average Bonchev–Trinajstić information content (AvgIpc) is 2.82. The van der Waals surface area contributed by atoms with Crippen LogP contribution in [0.5, 0.6) is 0 Å². The molecule has 1 aromatic heterocycles. The fourth-order valence-corrected chi connectivity index (χ4v) is 2.48. The molecule has 0 aliphatic carbocycles. The molecule has 0 spiro atoms. The van der Waals surface area contributed by atoms with E-state index < -0.39 is 0 Å². The van der Waals surface area contributed by atoms with Crippen LogP contribution in [-0.4, -0.2) is 41.4 Å². The molecule has 1 aliphatic rings. The van der Waals surface area contributed by atoms with E-state index in [1.807, 2.05) is 14.1 Å². The van der Waals surface area contributed by atoms with Gasteiger partial charge in [0.25, 0.3) is 5.91 Å². The fourth-order valence-electron chi connectivity index (χ4n) is 2.48. The van der Waals surface area contributed by atoms with Crippen LogP contribution in [0.3, 0.4) is 0 Å². The maximum absolute atomic E-state index is 13.6. The van der Waals surface area contributed by atoms with E-state index in [1.165, 1.54) is 6.07 Å². The smallest absolute Gasteiger partial charge is 0.257 e. The predicted molar refractivity (Wildman–Crippen MR) is 81.2 cm³/mol. The minimum Gasteiger partial charge on any atom is -0.347 e. The maximum atomic E-state index is 13.6. The van der Waals surface area contributed by atoms with Crippen molar-refractivity contribution in [1.29, 1.82) is 0 Å². The summed E-state index contributed by atoms with van der Waals surface area (Å²) in [6, 6.07) is 6.64. The van der Waals surface area contributed by atoms with Crippen LogP contribution < -0.4 is 4.90 Å². The number of hydrogen-bond donors (Lipinski definition) is 0.